The fourth-order valence-corrected chi connectivity index (χ4v) is 2.57. The van der Waals surface area contributed by atoms with Crippen LogP contribution < -0.4 is 10.6 Å². The highest BCUT2D eigenvalue weighted by Crippen LogP contribution is 2.13. The van der Waals surface area contributed by atoms with Crippen LogP contribution in [0, 0.1) is 6.92 Å². The van der Waals surface area contributed by atoms with Crippen molar-refractivity contribution in [2.24, 2.45) is 12.0 Å². The minimum atomic E-state index is -0.00533. The Hall–Kier alpha value is -1.72. The second-order valence-electron chi connectivity index (χ2n) is 6.33. The highest BCUT2D eigenvalue weighted by Gasteiger charge is 2.11. The van der Waals surface area contributed by atoms with Crippen LogP contribution in [0.25, 0.3) is 0 Å². The molecule has 0 aliphatic rings. The van der Waals surface area contributed by atoms with Gasteiger partial charge in [0.25, 0.3) is 0 Å². The molecule has 1 aromatic carbocycles. The molecule has 0 saturated heterocycles. The Balaban J connectivity index is 0.00000392. The van der Waals surface area contributed by atoms with Gasteiger partial charge in [0.1, 0.15) is 12.4 Å². The van der Waals surface area contributed by atoms with Gasteiger partial charge in [-0.25, -0.2) is 4.99 Å². The molecule has 0 aliphatic heterocycles. The topological polar surface area (TPSA) is 96.6 Å². The standard InChI is InChI=1S/C19H30N6O2.HI/c1-15-23-24-18(25(15)2)13-22-19(20-10-7-11-27-3)21-12-17(14-26)16-8-5-4-6-9-16;/h4-6,8-9,17,26H,7,10-14H2,1-3H3,(H2,20,21,22);1H. The van der Waals surface area contributed by atoms with E-state index < -0.39 is 0 Å². The molecular formula is C19H31IN6O2. The number of guanidine groups is 1. The van der Waals surface area contributed by atoms with Gasteiger partial charge < -0.3 is 25.0 Å². The SMILES string of the molecule is COCCCNC(=NCc1nnc(C)n1C)NCC(CO)c1ccccc1.I. The number of aryl methyl sites for hydroxylation is 1. The zero-order valence-electron chi connectivity index (χ0n) is 16.8. The van der Waals surface area contributed by atoms with Crippen LogP contribution in [0.3, 0.4) is 0 Å². The van der Waals surface area contributed by atoms with Crippen LogP contribution in [-0.4, -0.2) is 59.2 Å². The highest BCUT2D eigenvalue weighted by atomic mass is 127. The molecular weight excluding hydrogens is 471 g/mol. The summed E-state index contributed by atoms with van der Waals surface area (Å²) in [7, 11) is 3.62. The first-order valence-electron chi connectivity index (χ1n) is 9.17. The summed E-state index contributed by atoms with van der Waals surface area (Å²) in [6.07, 6.45) is 0.877. The van der Waals surface area contributed by atoms with E-state index >= 15 is 0 Å². The summed E-state index contributed by atoms with van der Waals surface area (Å²) in [5.74, 6) is 2.33. The monoisotopic (exact) mass is 502 g/mol. The Morgan fingerprint density at radius 2 is 2.00 bits per heavy atom. The number of rotatable bonds is 10. The molecule has 0 spiro atoms. The molecule has 8 nitrogen and oxygen atoms in total. The average molecular weight is 502 g/mol. The zero-order valence-corrected chi connectivity index (χ0v) is 19.1. The summed E-state index contributed by atoms with van der Waals surface area (Å²) < 4.78 is 7.01. The van der Waals surface area contributed by atoms with Crippen molar-refractivity contribution in [2.45, 2.75) is 25.8 Å². The predicted octanol–water partition coefficient (Wildman–Crippen LogP) is 1.59. The van der Waals surface area contributed by atoms with Crippen LogP contribution in [-0.2, 0) is 18.3 Å². The molecule has 0 radical (unpaired) electrons. The first kappa shape index (κ1) is 24.3. The number of aliphatic hydroxyl groups is 1. The van der Waals surface area contributed by atoms with Crippen LogP contribution in [0.5, 0.6) is 0 Å². The molecule has 156 valence electrons. The summed E-state index contributed by atoms with van der Waals surface area (Å²) in [6.45, 7) is 4.41. The Morgan fingerprint density at radius 3 is 2.61 bits per heavy atom. The largest absolute Gasteiger partial charge is 0.396 e. The number of aliphatic imine (C=N–C) groups is 1. The van der Waals surface area contributed by atoms with E-state index in [0.717, 1.165) is 30.2 Å². The smallest absolute Gasteiger partial charge is 0.191 e. The van der Waals surface area contributed by atoms with Gasteiger partial charge >= 0.3 is 0 Å². The quantitative estimate of drug-likeness (QED) is 0.198. The lowest BCUT2D eigenvalue weighted by Crippen LogP contribution is -2.40. The Kier molecular flexibility index (Phi) is 11.7. The molecule has 0 fully saturated rings. The van der Waals surface area contributed by atoms with E-state index in [1.165, 1.54) is 0 Å². The maximum absolute atomic E-state index is 9.75. The minimum absolute atomic E-state index is 0. The van der Waals surface area contributed by atoms with Crippen LogP contribution in [0.15, 0.2) is 35.3 Å². The molecule has 2 aromatic rings. The van der Waals surface area contributed by atoms with Gasteiger partial charge in [-0.2, -0.15) is 0 Å². The number of nitrogens with zero attached hydrogens (tertiary/aromatic N) is 4. The number of aliphatic hydroxyl groups excluding tert-OH is 1. The first-order valence-corrected chi connectivity index (χ1v) is 9.17. The number of benzene rings is 1. The lowest BCUT2D eigenvalue weighted by atomic mass is 10.0. The molecule has 1 atom stereocenters. The maximum atomic E-state index is 9.75. The summed E-state index contributed by atoms with van der Waals surface area (Å²) in [6, 6.07) is 9.97. The molecule has 28 heavy (non-hydrogen) atoms. The summed E-state index contributed by atoms with van der Waals surface area (Å²) in [4.78, 5) is 4.61. The summed E-state index contributed by atoms with van der Waals surface area (Å²) in [5.41, 5.74) is 1.09. The molecule has 9 heteroatoms. The van der Waals surface area contributed by atoms with Crippen molar-refractivity contribution < 1.29 is 9.84 Å². The van der Waals surface area contributed by atoms with Gasteiger partial charge in [-0.15, -0.1) is 34.2 Å². The molecule has 1 aromatic heterocycles. The van der Waals surface area contributed by atoms with Crippen LogP contribution in [0.2, 0.25) is 0 Å². The average Bonchev–Trinajstić information content (AvgIpc) is 3.02. The fourth-order valence-electron chi connectivity index (χ4n) is 2.57. The van der Waals surface area contributed by atoms with Crippen molar-refractivity contribution >= 4 is 29.9 Å². The second-order valence-corrected chi connectivity index (χ2v) is 6.33. The molecule has 3 N–H and O–H groups in total. The normalized spacial score (nSPS) is 12.4. The lowest BCUT2D eigenvalue weighted by Gasteiger charge is -2.18. The number of halogens is 1. The molecule has 2 rings (SSSR count). The van der Waals surface area contributed by atoms with Crippen LogP contribution >= 0.6 is 24.0 Å². The van der Waals surface area contributed by atoms with Gasteiger partial charge in [0.2, 0.25) is 0 Å². The number of hydrogen-bond acceptors (Lipinski definition) is 5. The first-order chi connectivity index (χ1) is 13.2. The number of hydrogen-bond donors (Lipinski definition) is 3. The lowest BCUT2D eigenvalue weighted by molar-refractivity contribution is 0.195. The van der Waals surface area contributed by atoms with Crippen molar-refractivity contribution in [3.63, 3.8) is 0 Å². The van der Waals surface area contributed by atoms with Crippen molar-refractivity contribution in [2.75, 3.05) is 33.4 Å². The van der Waals surface area contributed by atoms with Crippen LogP contribution in [0.4, 0.5) is 0 Å². The molecule has 1 heterocycles. The predicted molar refractivity (Wildman–Crippen MR) is 121 cm³/mol. The third-order valence-corrected chi connectivity index (χ3v) is 4.39. The Morgan fingerprint density at radius 1 is 1.25 bits per heavy atom. The van der Waals surface area contributed by atoms with Gasteiger partial charge in [-0.05, 0) is 18.9 Å². The van der Waals surface area contributed by atoms with E-state index in [0.29, 0.717) is 25.7 Å². The number of methoxy groups -OCH3 is 1. The maximum Gasteiger partial charge on any atom is 0.191 e. The van der Waals surface area contributed by atoms with Crippen molar-refractivity contribution in [1.29, 1.82) is 0 Å². The van der Waals surface area contributed by atoms with E-state index in [1.807, 2.05) is 48.9 Å². The number of ether oxygens (including phenoxy) is 1. The summed E-state index contributed by atoms with van der Waals surface area (Å²) >= 11 is 0. The fraction of sp³-hybridized carbons (Fsp3) is 0.526. The van der Waals surface area contributed by atoms with Gasteiger partial charge in [0, 0.05) is 39.8 Å². The van der Waals surface area contributed by atoms with Gasteiger partial charge in [0.15, 0.2) is 11.8 Å². The van der Waals surface area contributed by atoms with Crippen molar-refractivity contribution in [1.82, 2.24) is 25.4 Å². The van der Waals surface area contributed by atoms with Crippen LogP contribution in [0.1, 0.15) is 29.6 Å². The second kappa shape index (κ2) is 13.5. The van der Waals surface area contributed by atoms with E-state index in [1.54, 1.807) is 7.11 Å². The highest BCUT2D eigenvalue weighted by molar-refractivity contribution is 14.0. The van der Waals surface area contributed by atoms with E-state index in [9.17, 15) is 5.11 Å². The molecule has 0 amide bonds. The molecule has 0 bridgehead atoms. The van der Waals surface area contributed by atoms with Gasteiger partial charge in [-0.3, -0.25) is 0 Å². The van der Waals surface area contributed by atoms with Gasteiger partial charge in [0.05, 0.1) is 6.61 Å². The molecule has 1 unspecified atom stereocenters. The molecule has 0 aliphatic carbocycles. The van der Waals surface area contributed by atoms with E-state index in [4.69, 9.17) is 4.74 Å². The Bertz CT molecular complexity index is 708. The Labute approximate surface area is 183 Å². The van der Waals surface area contributed by atoms with E-state index in [2.05, 4.69) is 25.8 Å². The summed E-state index contributed by atoms with van der Waals surface area (Å²) in [5, 5.41) is 24.6. The van der Waals surface area contributed by atoms with Crippen molar-refractivity contribution in [3.05, 3.63) is 47.5 Å². The zero-order chi connectivity index (χ0) is 19.5. The number of aromatic nitrogens is 3. The van der Waals surface area contributed by atoms with E-state index in [-0.39, 0.29) is 36.5 Å². The third kappa shape index (κ3) is 7.72. The third-order valence-electron chi connectivity index (χ3n) is 4.39. The molecule has 0 saturated carbocycles. The number of nitrogens with one attached hydrogen (secondary N) is 2. The van der Waals surface area contributed by atoms with Gasteiger partial charge in [-0.1, -0.05) is 30.3 Å². The van der Waals surface area contributed by atoms with Crippen molar-refractivity contribution in [3.8, 4) is 0 Å². The minimum Gasteiger partial charge on any atom is -0.396 e.